The van der Waals surface area contributed by atoms with Crippen molar-refractivity contribution in [3.05, 3.63) is 109 Å². The highest BCUT2D eigenvalue weighted by atomic mass is 16.5. The van der Waals surface area contributed by atoms with Gasteiger partial charge in [-0.05, 0) is 41.8 Å². The maximum Gasteiger partial charge on any atom is 0.239 e. The fraction of sp³-hybridized carbons (Fsp3) is 0.219. The van der Waals surface area contributed by atoms with Crippen LogP contribution in [0.2, 0.25) is 0 Å². The zero-order valence-corrected chi connectivity index (χ0v) is 22.2. The molecule has 202 valence electrons. The maximum absolute atomic E-state index is 13.1. The minimum absolute atomic E-state index is 0.00857. The van der Waals surface area contributed by atoms with Crippen molar-refractivity contribution >= 4 is 16.9 Å². The fourth-order valence-corrected chi connectivity index (χ4v) is 5.23. The lowest BCUT2D eigenvalue weighted by molar-refractivity contribution is -0.134. The van der Waals surface area contributed by atoms with Gasteiger partial charge in [-0.3, -0.25) is 14.7 Å². The maximum atomic E-state index is 13.1. The number of fused-ring (bicyclic) bond motifs is 1. The van der Waals surface area contributed by atoms with E-state index in [1.807, 2.05) is 65.8 Å². The van der Waals surface area contributed by atoms with Crippen molar-refractivity contribution in [2.75, 3.05) is 26.2 Å². The molecule has 4 heterocycles. The summed E-state index contributed by atoms with van der Waals surface area (Å²) in [6, 6.07) is 23.4. The van der Waals surface area contributed by atoms with E-state index in [4.69, 9.17) is 10.5 Å². The van der Waals surface area contributed by atoms with Crippen molar-refractivity contribution in [3.8, 4) is 22.6 Å². The van der Waals surface area contributed by atoms with Crippen LogP contribution < -0.4 is 10.5 Å². The molecule has 8 heteroatoms. The van der Waals surface area contributed by atoms with Crippen LogP contribution in [-0.2, 0) is 17.8 Å². The third kappa shape index (κ3) is 5.73. The highest BCUT2D eigenvalue weighted by molar-refractivity contribution is 5.98. The number of nitrogens with two attached hydrogens (primary N) is 1. The number of hydrogen-bond acceptors (Lipinski definition) is 6. The van der Waals surface area contributed by atoms with Gasteiger partial charge in [0.15, 0.2) is 0 Å². The third-order valence-corrected chi connectivity index (χ3v) is 7.36. The van der Waals surface area contributed by atoms with Gasteiger partial charge in [-0.15, -0.1) is 0 Å². The van der Waals surface area contributed by atoms with E-state index in [0.717, 1.165) is 47.4 Å². The van der Waals surface area contributed by atoms with Crippen molar-refractivity contribution < 1.29 is 9.53 Å². The quantitative estimate of drug-likeness (QED) is 0.302. The zero-order chi connectivity index (χ0) is 27.3. The molecule has 0 unspecified atom stereocenters. The predicted octanol–water partition coefficient (Wildman–Crippen LogP) is 4.63. The van der Waals surface area contributed by atoms with E-state index < -0.39 is 6.04 Å². The largest absolute Gasteiger partial charge is 0.457 e. The van der Waals surface area contributed by atoms with Crippen LogP contribution in [0.4, 0.5) is 0 Å². The summed E-state index contributed by atoms with van der Waals surface area (Å²) in [5, 5.41) is 0.899. The minimum Gasteiger partial charge on any atom is -0.457 e. The number of piperazine rings is 1. The van der Waals surface area contributed by atoms with Gasteiger partial charge in [0.1, 0.15) is 17.1 Å². The molecule has 6 rings (SSSR count). The Morgan fingerprint density at radius 1 is 0.925 bits per heavy atom. The van der Waals surface area contributed by atoms with Crippen molar-refractivity contribution in [3.63, 3.8) is 0 Å². The summed E-state index contributed by atoms with van der Waals surface area (Å²) < 4.78 is 6.28. The Kier molecular flexibility index (Phi) is 7.52. The first kappa shape index (κ1) is 25.7. The summed E-state index contributed by atoms with van der Waals surface area (Å²) in [5.74, 6) is 1.41. The molecule has 1 saturated heterocycles. The highest BCUT2D eigenvalue weighted by Crippen LogP contribution is 2.36. The minimum atomic E-state index is -0.575. The monoisotopic (exact) mass is 532 g/mol. The average Bonchev–Trinajstić information content (AvgIpc) is 3.44. The summed E-state index contributed by atoms with van der Waals surface area (Å²) in [7, 11) is 0. The molecule has 5 aromatic rings. The lowest BCUT2D eigenvalue weighted by atomic mass is 10.0. The Morgan fingerprint density at radius 2 is 1.73 bits per heavy atom. The Hall–Kier alpha value is -4.53. The number of amides is 1. The molecule has 1 amide bonds. The van der Waals surface area contributed by atoms with Crippen molar-refractivity contribution in [2.45, 2.75) is 19.0 Å². The predicted molar refractivity (Wildman–Crippen MR) is 156 cm³/mol. The van der Waals surface area contributed by atoms with E-state index in [2.05, 4.69) is 44.1 Å². The fourth-order valence-electron chi connectivity index (χ4n) is 5.23. The molecule has 8 nitrogen and oxygen atoms in total. The van der Waals surface area contributed by atoms with Gasteiger partial charge in [-0.1, -0.05) is 48.5 Å². The van der Waals surface area contributed by atoms with Gasteiger partial charge in [0.25, 0.3) is 0 Å². The molecule has 0 spiro atoms. The molecule has 0 saturated carbocycles. The van der Waals surface area contributed by atoms with Gasteiger partial charge in [-0.2, -0.15) is 0 Å². The van der Waals surface area contributed by atoms with E-state index in [0.29, 0.717) is 31.0 Å². The van der Waals surface area contributed by atoms with Crippen LogP contribution in [0.25, 0.3) is 22.2 Å². The Balaban J connectivity index is 1.06. The average molecular weight is 533 g/mol. The molecule has 1 fully saturated rings. The molecule has 1 atom stereocenters. The smallest absolute Gasteiger partial charge is 0.239 e. The second kappa shape index (κ2) is 11.7. The van der Waals surface area contributed by atoms with E-state index in [1.54, 1.807) is 12.4 Å². The number of H-pyrrole nitrogens is 1. The number of carbonyl (C=O) groups excluding carboxylic acids is 1. The molecule has 3 aromatic heterocycles. The molecule has 0 aliphatic carbocycles. The number of ether oxygens (including phenoxy) is 1. The number of aromatic nitrogens is 3. The van der Waals surface area contributed by atoms with Crippen LogP contribution in [0.15, 0.2) is 97.6 Å². The van der Waals surface area contributed by atoms with E-state index in [1.165, 1.54) is 5.56 Å². The Bertz CT molecular complexity index is 1560. The van der Waals surface area contributed by atoms with Crippen LogP contribution in [0.1, 0.15) is 11.1 Å². The molecular weight excluding hydrogens is 500 g/mol. The molecule has 1 aliphatic rings. The van der Waals surface area contributed by atoms with Crippen molar-refractivity contribution in [1.29, 1.82) is 0 Å². The second-order valence-electron chi connectivity index (χ2n) is 10.1. The van der Waals surface area contributed by atoms with Crippen LogP contribution in [-0.4, -0.2) is 62.9 Å². The molecular formula is C32H32N6O2. The number of carbonyl (C=O) groups is 1. The molecule has 40 heavy (non-hydrogen) atoms. The number of pyridine rings is 2. The first-order chi connectivity index (χ1) is 19.6. The van der Waals surface area contributed by atoms with E-state index in [-0.39, 0.29) is 5.91 Å². The highest BCUT2D eigenvalue weighted by Gasteiger charge is 2.25. The van der Waals surface area contributed by atoms with Gasteiger partial charge in [0.2, 0.25) is 5.91 Å². The van der Waals surface area contributed by atoms with Gasteiger partial charge >= 0.3 is 0 Å². The standard InChI is InChI=1S/C32H32N6O2/c33-28(32(39)38-17-15-37(16-18-38)22-24-5-2-1-3-6-24)19-23-8-10-26(11-9-23)40-29-12-14-35-31-30(29)27(21-36-31)25-7-4-13-34-20-25/h1-14,20-21,28H,15-19,22,33H2,(H,35,36)/t28-/m0/s1. The number of aromatic amines is 1. The van der Waals surface area contributed by atoms with Crippen LogP contribution in [0, 0.1) is 0 Å². The number of nitrogens with zero attached hydrogens (tertiary/aromatic N) is 4. The lowest BCUT2D eigenvalue weighted by Gasteiger charge is -2.36. The summed E-state index contributed by atoms with van der Waals surface area (Å²) in [4.78, 5) is 29.3. The number of benzene rings is 2. The second-order valence-corrected chi connectivity index (χ2v) is 10.1. The summed E-state index contributed by atoms with van der Waals surface area (Å²) in [6.45, 7) is 4.01. The molecule has 0 bridgehead atoms. The van der Waals surface area contributed by atoms with E-state index in [9.17, 15) is 4.79 Å². The van der Waals surface area contributed by atoms with E-state index >= 15 is 0 Å². The molecule has 0 radical (unpaired) electrons. The summed E-state index contributed by atoms with van der Waals surface area (Å²) >= 11 is 0. The van der Waals surface area contributed by atoms with Crippen LogP contribution in [0.5, 0.6) is 11.5 Å². The normalized spacial score (nSPS) is 14.8. The molecule has 3 N–H and O–H groups in total. The van der Waals surface area contributed by atoms with Gasteiger partial charge in [-0.25, -0.2) is 4.98 Å². The van der Waals surface area contributed by atoms with Gasteiger partial charge < -0.3 is 20.4 Å². The SMILES string of the molecule is N[C@@H](Cc1ccc(Oc2ccnc3[nH]cc(-c4cccnc4)c23)cc1)C(=O)N1CCN(Cc2ccccc2)CC1. The first-order valence-electron chi connectivity index (χ1n) is 13.6. The number of hydrogen-bond donors (Lipinski definition) is 2. The third-order valence-electron chi connectivity index (χ3n) is 7.36. The summed E-state index contributed by atoms with van der Waals surface area (Å²) in [6.07, 6.45) is 7.70. The van der Waals surface area contributed by atoms with Crippen LogP contribution >= 0.6 is 0 Å². The van der Waals surface area contributed by atoms with Gasteiger partial charge in [0.05, 0.1) is 11.4 Å². The zero-order valence-electron chi connectivity index (χ0n) is 22.2. The topological polar surface area (TPSA) is 100 Å². The number of rotatable bonds is 8. The lowest BCUT2D eigenvalue weighted by Crippen LogP contribution is -2.53. The molecule has 1 aliphatic heterocycles. The van der Waals surface area contributed by atoms with Gasteiger partial charge in [0, 0.05) is 68.6 Å². The van der Waals surface area contributed by atoms with Crippen molar-refractivity contribution in [2.24, 2.45) is 5.73 Å². The Labute approximate surface area is 233 Å². The van der Waals surface area contributed by atoms with Crippen LogP contribution in [0.3, 0.4) is 0 Å². The summed E-state index contributed by atoms with van der Waals surface area (Å²) in [5.41, 5.74) is 11.4. The Morgan fingerprint density at radius 3 is 2.48 bits per heavy atom. The van der Waals surface area contributed by atoms with Crippen molar-refractivity contribution in [1.82, 2.24) is 24.8 Å². The number of nitrogens with one attached hydrogen (secondary N) is 1. The first-order valence-corrected chi connectivity index (χ1v) is 13.6. The molecule has 2 aromatic carbocycles.